The van der Waals surface area contributed by atoms with Crippen molar-refractivity contribution in [2.24, 2.45) is 37.2 Å². The van der Waals surface area contributed by atoms with Gasteiger partial charge in [-0.3, -0.25) is 5.41 Å². The van der Waals surface area contributed by atoms with Gasteiger partial charge in [-0.05, 0) is 215 Å². The van der Waals surface area contributed by atoms with Gasteiger partial charge in [0.25, 0.3) is 0 Å². The topological polar surface area (TPSA) is 233 Å². The van der Waals surface area contributed by atoms with Crippen molar-refractivity contribution >= 4 is 68.1 Å². The number of pyridine rings is 4. The Morgan fingerprint density at radius 1 is 0.475 bits per heavy atom. The Bertz CT molecular complexity index is 4170. The molecule has 0 aliphatic carbocycles. The third-order valence-corrected chi connectivity index (χ3v) is 17.9. The van der Waals surface area contributed by atoms with E-state index >= 15 is 0 Å². The number of aromatic nitrogens is 8. The van der Waals surface area contributed by atoms with Gasteiger partial charge in [-0.1, -0.05) is 27.7 Å². The molecular formula is C63H81N17. The van der Waals surface area contributed by atoms with Crippen molar-refractivity contribution in [2.75, 3.05) is 5.32 Å². The zero-order valence-corrected chi connectivity index (χ0v) is 50.9. The second-order valence-electron chi connectivity index (χ2n) is 22.0. The molecule has 2 aliphatic rings. The molecule has 2 aliphatic heterocycles. The molecule has 418 valence electrons. The number of nitrogens with two attached hydrogens (primary N) is 3. The van der Waals surface area contributed by atoms with Crippen LogP contribution in [0.1, 0.15) is 146 Å². The number of hydrogen-bond donors (Lipinski definition) is 5. The highest BCUT2D eigenvalue weighted by Crippen LogP contribution is 2.37. The number of hydrogen-bond acceptors (Lipinski definition) is 11. The Labute approximate surface area is 470 Å². The fourth-order valence-electron chi connectivity index (χ4n) is 11.5. The molecular weight excluding hydrogens is 995 g/mol. The molecule has 0 saturated heterocycles. The van der Waals surface area contributed by atoms with Crippen molar-refractivity contribution in [3.8, 4) is 0 Å². The van der Waals surface area contributed by atoms with Gasteiger partial charge in [0.05, 0.1) is 73.7 Å². The standard InChI is InChI=1S/C32H42N8.C31H39N9/c1-11-26-23(30-19(7)15(3)17(5)21(9)39(30)37-26)13-28-24(33)14-25(34)32(35-28)36-29-27(12-2)38-40-22(10)18(6)16(4)20(8)31(29)40;1-11-24-26(28-18(7)14(3)16(5)20(9)39(28)37-24)34-30-22(32)13-23(33)31(36-30)35-27-25(12-2)38-40-21(10)17(6)15(4)19(8)29(27)40/h14,24H,11-13,33-34H2,1-10H3;13,32H,11-12,33H2,1-10H3,(H,34,35,36). The van der Waals surface area contributed by atoms with Gasteiger partial charge in [-0.15, -0.1) is 0 Å². The largest absolute Gasteiger partial charge is 0.396 e. The van der Waals surface area contributed by atoms with E-state index in [2.05, 4.69) is 148 Å². The lowest BCUT2D eigenvalue weighted by Crippen LogP contribution is -2.36. The van der Waals surface area contributed by atoms with Crippen LogP contribution in [0.25, 0.3) is 22.1 Å². The molecule has 10 heterocycles. The lowest BCUT2D eigenvalue weighted by atomic mass is 9.95. The SMILES string of the molecule is CCc1nn2c(C)c(C)c(C)c(C)c2c1CC1=NC(=Nc2c(CC)nn3c(C)c(C)c(C)c(C)c23)C(N)=CC1N.CCc1nn2c(C)c(C)c(C)c(C)c2c1N=C1N=C(Nc2c(CC)nn3c(C)c(C)c(C)c(C)c23)C(=N)C=C1N. The minimum Gasteiger partial charge on any atom is -0.396 e. The monoisotopic (exact) mass is 1080 g/mol. The summed E-state index contributed by atoms with van der Waals surface area (Å²) in [6.07, 6.45) is 7.12. The summed E-state index contributed by atoms with van der Waals surface area (Å²) in [6, 6.07) is -0.394. The van der Waals surface area contributed by atoms with E-state index in [0.717, 1.165) is 127 Å². The molecule has 1 atom stereocenters. The van der Waals surface area contributed by atoms with Crippen molar-refractivity contribution in [2.45, 2.75) is 177 Å². The minimum absolute atomic E-state index is 0.199. The summed E-state index contributed by atoms with van der Waals surface area (Å²) in [5.41, 5.74) is 52.2. The highest BCUT2D eigenvalue weighted by Gasteiger charge is 2.28. The summed E-state index contributed by atoms with van der Waals surface area (Å²) < 4.78 is 8.12. The zero-order valence-electron chi connectivity index (χ0n) is 50.9. The van der Waals surface area contributed by atoms with Crippen molar-refractivity contribution in [1.29, 1.82) is 5.41 Å². The highest BCUT2D eigenvalue weighted by molar-refractivity contribution is 6.52. The van der Waals surface area contributed by atoms with Crippen LogP contribution in [-0.4, -0.2) is 73.4 Å². The Balaban J connectivity index is 0.000000194. The van der Waals surface area contributed by atoms with E-state index in [4.69, 9.17) is 63.0 Å². The Morgan fingerprint density at radius 3 is 1.30 bits per heavy atom. The molecule has 0 aromatic carbocycles. The summed E-state index contributed by atoms with van der Waals surface area (Å²) in [7, 11) is 0. The normalized spacial score (nSPS) is 15.9. The third-order valence-electron chi connectivity index (χ3n) is 17.9. The molecule has 17 nitrogen and oxygen atoms in total. The first kappa shape index (κ1) is 56.7. The number of fused-ring (bicyclic) bond motifs is 4. The molecule has 8 aromatic heterocycles. The van der Waals surface area contributed by atoms with E-state index in [9.17, 15) is 0 Å². The summed E-state index contributed by atoms with van der Waals surface area (Å²) in [4.78, 5) is 19.9. The van der Waals surface area contributed by atoms with Crippen LogP contribution in [0.2, 0.25) is 0 Å². The molecule has 8 aromatic rings. The summed E-state index contributed by atoms with van der Waals surface area (Å²) in [5, 5.41) is 31.9. The summed E-state index contributed by atoms with van der Waals surface area (Å²) in [6.45, 7) is 42.6. The van der Waals surface area contributed by atoms with Crippen molar-refractivity contribution in [1.82, 2.24) is 38.5 Å². The van der Waals surface area contributed by atoms with Crippen LogP contribution in [0.4, 0.5) is 17.1 Å². The number of dihydropyridines is 2. The second kappa shape index (κ2) is 21.2. The van der Waals surface area contributed by atoms with Crippen LogP contribution in [0, 0.1) is 116 Å². The molecule has 17 heteroatoms. The molecule has 0 saturated carbocycles. The van der Waals surface area contributed by atoms with Gasteiger partial charge in [0.2, 0.25) is 0 Å². The van der Waals surface area contributed by atoms with Crippen LogP contribution >= 0.6 is 0 Å². The first-order valence-corrected chi connectivity index (χ1v) is 28.1. The molecule has 10 rings (SSSR count). The molecule has 1 unspecified atom stereocenters. The molecule has 80 heavy (non-hydrogen) atoms. The lowest BCUT2D eigenvalue weighted by Gasteiger charge is -2.19. The Morgan fingerprint density at radius 2 is 0.850 bits per heavy atom. The van der Waals surface area contributed by atoms with E-state index in [0.29, 0.717) is 35.3 Å². The molecule has 0 spiro atoms. The number of nitrogens with zero attached hydrogens (tertiary/aromatic N) is 12. The first-order valence-electron chi connectivity index (χ1n) is 28.1. The van der Waals surface area contributed by atoms with Gasteiger partial charge in [0.15, 0.2) is 17.5 Å². The van der Waals surface area contributed by atoms with E-state index < -0.39 is 6.04 Å². The fourth-order valence-corrected chi connectivity index (χ4v) is 11.5. The van der Waals surface area contributed by atoms with Gasteiger partial charge >= 0.3 is 0 Å². The van der Waals surface area contributed by atoms with Crippen LogP contribution in [0.15, 0.2) is 43.5 Å². The van der Waals surface area contributed by atoms with Crippen LogP contribution in [-0.2, 0) is 32.1 Å². The van der Waals surface area contributed by atoms with Gasteiger partial charge in [0.1, 0.15) is 11.4 Å². The maximum absolute atomic E-state index is 8.70. The van der Waals surface area contributed by atoms with Gasteiger partial charge < -0.3 is 22.5 Å². The van der Waals surface area contributed by atoms with Gasteiger partial charge in [-0.25, -0.2) is 38.0 Å². The maximum atomic E-state index is 8.70. The van der Waals surface area contributed by atoms with Gasteiger partial charge in [0, 0.05) is 40.5 Å². The first-order chi connectivity index (χ1) is 37.8. The number of aliphatic imine (C=N–C) groups is 4. The highest BCUT2D eigenvalue weighted by atomic mass is 15.3. The predicted octanol–water partition coefficient (Wildman–Crippen LogP) is 11.5. The van der Waals surface area contributed by atoms with E-state index in [-0.39, 0.29) is 5.71 Å². The average Bonchev–Trinajstić information content (AvgIpc) is 4.23. The smallest absolute Gasteiger partial charge is 0.178 e. The maximum Gasteiger partial charge on any atom is 0.178 e. The number of rotatable bonds is 9. The lowest BCUT2D eigenvalue weighted by molar-refractivity contribution is 0.851. The summed E-state index contributed by atoms with van der Waals surface area (Å²) >= 11 is 0. The number of aryl methyl sites for hydroxylation is 12. The predicted molar refractivity (Wildman–Crippen MR) is 331 cm³/mol. The second-order valence-corrected chi connectivity index (χ2v) is 22.0. The Kier molecular flexibility index (Phi) is 15.0. The number of anilines is 1. The molecule has 0 bridgehead atoms. The zero-order chi connectivity index (χ0) is 58.4. The molecule has 0 radical (unpaired) electrons. The van der Waals surface area contributed by atoms with E-state index in [1.54, 1.807) is 6.08 Å². The van der Waals surface area contributed by atoms with Crippen LogP contribution in [0.3, 0.4) is 0 Å². The van der Waals surface area contributed by atoms with Gasteiger partial charge in [-0.2, -0.15) is 20.4 Å². The minimum atomic E-state index is -0.394. The quantitative estimate of drug-likeness (QED) is 0.0930. The molecule has 0 amide bonds. The number of amidine groups is 3. The molecule has 0 fully saturated rings. The average molecular weight is 1080 g/mol. The summed E-state index contributed by atoms with van der Waals surface area (Å²) in [5.74, 6) is 1.25. The Hall–Kier alpha value is -8.05. The fraction of sp³-hybridized carbons (Fsp3) is 0.413. The van der Waals surface area contributed by atoms with Crippen molar-refractivity contribution in [3.05, 3.63) is 141 Å². The van der Waals surface area contributed by atoms with E-state index in [1.807, 2.05) is 19.6 Å². The van der Waals surface area contributed by atoms with Crippen molar-refractivity contribution < 1.29 is 0 Å². The van der Waals surface area contributed by atoms with Crippen molar-refractivity contribution in [3.63, 3.8) is 0 Å². The molecule has 8 N–H and O–H groups in total. The third kappa shape index (κ3) is 9.03. The number of nitrogens with one attached hydrogen (secondary N) is 2. The van der Waals surface area contributed by atoms with Crippen LogP contribution < -0.4 is 22.5 Å². The van der Waals surface area contributed by atoms with Crippen LogP contribution in [0.5, 0.6) is 0 Å². The van der Waals surface area contributed by atoms with E-state index in [1.165, 1.54) is 61.2 Å².